The topological polar surface area (TPSA) is 79.1 Å². The van der Waals surface area contributed by atoms with Crippen molar-refractivity contribution < 1.29 is 0 Å². The van der Waals surface area contributed by atoms with Crippen LogP contribution in [0.2, 0.25) is 0 Å². The lowest BCUT2D eigenvalue weighted by atomic mass is 9.92. The summed E-state index contributed by atoms with van der Waals surface area (Å²) in [6, 6.07) is 10.7. The summed E-state index contributed by atoms with van der Waals surface area (Å²) in [5.74, 6) is 1.14. The van der Waals surface area contributed by atoms with E-state index in [1.54, 1.807) is 0 Å². The summed E-state index contributed by atoms with van der Waals surface area (Å²) in [5.41, 5.74) is 13.0. The van der Waals surface area contributed by atoms with E-state index in [1.807, 2.05) is 6.20 Å². The molecular formula is C25H32N6. The van der Waals surface area contributed by atoms with Crippen molar-refractivity contribution in [3.05, 3.63) is 47.7 Å². The molecule has 1 aliphatic carbocycles. The Morgan fingerprint density at radius 3 is 2.68 bits per heavy atom. The molecule has 1 aromatic heterocycles. The average molecular weight is 417 g/mol. The van der Waals surface area contributed by atoms with Gasteiger partial charge in [0.1, 0.15) is 0 Å². The number of hydrogen-bond acceptors (Lipinski definition) is 6. The second-order valence-electron chi connectivity index (χ2n) is 8.90. The van der Waals surface area contributed by atoms with E-state index in [-0.39, 0.29) is 0 Å². The molecule has 0 spiro atoms. The van der Waals surface area contributed by atoms with Gasteiger partial charge in [0.25, 0.3) is 0 Å². The summed E-state index contributed by atoms with van der Waals surface area (Å²) in [5, 5.41) is 7.96. The van der Waals surface area contributed by atoms with Gasteiger partial charge in [-0.3, -0.25) is 0 Å². The summed E-state index contributed by atoms with van der Waals surface area (Å²) in [7, 11) is 0. The maximum atomic E-state index is 6.48. The maximum absolute atomic E-state index is 6.48. The molecule has 2 fully saturated rings. The number of benzene rings is 2. The lowest BCUT2D eigenvalue weighted by Gasteiger charge is -2.22. The van der Waals surface area contributed by atoms with E-state index >= 15 is 0 Å². The molecule has 4 N–H and O–H groups in total. The molecular weight excluding hydrogens is 384 g/mol. The van der Waals surface area contributed by atoms with Crippen LogP contribution in [0.1, 0.15) is 49.1 Å². The van der Waals surface area contributed by atoms with Crippen LogP contribution in [0.25, 0.3) is 10.9 Å². The van der Waals surface area contributed by atoms with Gasteiger partial charge in [-0.15, -0.1) is 0 Å². The molecule has 6 nitrogen and oxygen atoms in total. The van der Waals surface area contributed by atoms with Crippen LogP contribution in [0.4, 0.5) is 23.0 Å². The van der Waals surface area contributed by atoms with Gasteiger partial charge in [-0.1, -0.05) is 12.8 Å². The molecule has 0 unspecified atom stereocenters. The molecule has 31 heavy (non-hydrogen) atoms. The lowest BCUT2D eigenvalue weighted by Crippen LogP contribution is -2.27. The smallest absolute Gasteiger partial charge is 0.227 e. The Morgan fingerprint density at radius 2 is 1.87 bits per heavy atom. The van der Waals surface area contributed by atoms with E-state index in [0.717, 1.165) is 54.0 Å². The number of nitrogens with zero attached hydrogens (tertiary/aromatic N) is 3. The van der Waals surface area contributed by atoms with Gasteiger partial charge in [0.15, 0.2) is 0 Å². The third kappa shape index (κ3) is 4.17. The summed E-state index contributed by atoms with van der Waals surface area (Å²) in [6.07, 6.45) is 8.06. The van der Waals surface area contributed by atoms with Crippen molar-refractivity contribution in [1.29, 1.82) is 0 Å². The predicted octanol–water partition coefficient (Wildman–Crippen LogP) is 4.72. The number of anilines is 4. The molecule has 0 bridgehead atoms. The van der Waals surface area contributed by atoms with Gasteiger partial charge in [-0.25, -0.2) is 9.97 Å². The summed E-state index contributed by atoms with van der Waals surface area (Å²) in [4.78, 5) is 12.0. The molecule has 1 saturated heterocycles. The molecule has 1 saturated carbocycles. The zero-order chi connectivity index (χ0) is 21.2. The highest BCUT2D eigenvalue weighted by Crippen LogP contribution is 2.41. The third-order valence-corrected chi connectivity index (χ3v) is 6.74. The predicted molar refractivity (Wildman–Crippen MR) is 129 cm³/mol. The van der Waals surface area contributed by atoms with E-state index in [2.05, 4.69) is 57.8 Å². The van der Waals surface area contributed by atoms with Crippen molar-refractivity contribution >= 4 is 33.9 Å². The number of fused-ring (bicyclic) bond motifs is 1. The highest BCUT2D eigenvalue weighted by atomic mass is 15.2. The van der Waals surface area contributed by atoms with Crippen LogP contribution in [0.5, 0.6) is 0 Å². The van der Waals surface area contributed by atoms with Gasteiger partial charge in [-0.05, 0) is 74.5 Å². The zero-order valence-corrected chi connectivity index (χ0v) is 18.3. The number of hydrogen-bond donors (Lipinski definition) is 3. The highest BCUT2D eigenvalue weighted by molar-refractivity contribution is 5.90. The summed E-state index contributed by atoms with van der Waals surface area (Å²) < 4.78 is 0. The van der Waals surface area contributed by atoms with Crippen molar-refractivity contribution in [3.8, 4) is 0 Å². The van der Waals surface area contributed by atoms with Crippen LogP contribution in [0.15, 0.2) is 36.5 Å². The van der Waals surface area contributed by atoms with Crippen LogP contribution in [0.3, 0.4) is 0 Å². The summed E-state index contributed by atoms with van der Waals surface area (Å²) in [6.45, 7) is 6.37. The molecule has 0 radical (unpaired) electrons. The van der Waals surface area contributed by atoms with Crippen LogP contribution in [-0.4, -0.2) is 36.1 Å². The van der Waals surface area contributed by atoms with Crippen LogP contribution in [-0.2, 0) is 0 Å². The van der Waals surface area contributed by atoms with E-state index in [9.17, 15) is 0 Å². The van der Waals surface area contributed by atoms with Crippen molar-refractivity contribution in [1.82, 2.24) is 15.3 Å². The highest BCUT2D eigenvalue weighted by Gasteiger charge is 2.23. The van der Waals surface area contributed by atoms with Crippen molar-refractivity contribution in [2.45, 2.75) is 44.9 Å². The third-order valence-electron chi connectivity index (χ3n) is 6.74. The number of nitrogens with two attached hydrogens (primary N) is 1. The molecule has 162 valence electrons. The monoisotopic (exact) mass is 416 g/mol. The number of nitrogens with one attached hydrogen (secondary N) is 2. The first-order valence-electron chi connectivity index (χ1n) is 11.6. The Morgan fingerprint density at radius 1 is 1.06 bits per heavy atom. The minimum atomic E-state index is 0.508. The maximum Gasteiger partial charge on any atom is 0.227 e. The molecule has 6 heteroatoms. The molecule has 1 aliphatic heterocycles. The minimum Gasteiger partial charge on any atom is -0.398 e. The Labute approximate surface area is 184 Å². The Kier molecular flexibility index (Phi) is 5.64. The van der Waals surface area contributed by atoms with E-state index in [4.69, 9.17) is 10.7 Å². The Hall–Kier alpha value is -2.86. The average Bonchev–Trinajstić information content (AvgIpc) is 3.15. The van der Waals surface area contributed by atoms with Crippen molar-refractivity contribution in [2.24, 2.45) is 0 Å². The first-order chi connectivity index (χ1) is 15.2. The van der Waals surface area contributed by atoms with Gasteiger partial charge in [-0.2, -0.15) is 0 Å². The largest absolute Gasteiger partial charge is 0.398 e. The second-order valence-corrected chi connectivity index (χ2v) is 8.90. The van der Waals surface area contributed by atoms with Crippen LogP contribution < -0.4 is 21.3 Å². The first-order valence-corrected chi connectivity index (χ1v) is 11.6. The van der Waals surface area contributed by atoms with E-state index < -0.39 is 0 Å². The van der Waals surface area contributed by atoms with Gasteiger partial charge < -0.3 is 21.3 Å². The van der Waals surface area contributed by atoms with Crippen LogP contribution in [0, 0.1) is 6.92 Å². The fourth-order valence-electron chi connectivity index (χ4n) is 5.09. The second kappa shape index (κ2) is 8.71. The first kappa shape index (κ1) is 20.1. The zero-order valence-electron chi connectivity index (χ0n) is 18.3. The minimum absolute atomic E-state index is 0.508. The normalized spacial score (nSPS) is 17.8. The molecule has 0 amide bonds. The van der Waals surface area contributed by atoms with Gasteiger partial charge in [0.2, 0.25) is 5.95 Å². The summed E-state index contributed by atoms with van der Waals surface area (Å²) >= 11 is 0. The van der Waals surface area contributed by atoms with E-state index in [1.165, 1.54) is 43.4 Å². The molecule has 5 rings (SSSR count). The fourth-order valence-corrected chi connectivity index (χ4v) is 5.09. The Balaban J connectivity index is 1.42. The number of rotatable bonds is 4. The lowest BCUT2D eigenvalue weighted by molar-refractivity contribution is 0.724. The molecule has 2 aromatic carbocycles. The van der Waals surface area contributed by atoms with E-state index in [0.29, 0.717) is 11.9 Å². The Bertz CT molecular complexity index is 1050. The SMILES string of the molecule is Cc1cc(N)c(C2CCCC2)c2nc(Nc3ccc(N4CCCNCC4)cc3)ncc12. The number of aromatic nitrogens is 2. The molecule has 2 aliphatic rings. The standard InChI is InChI=1S/C25H32N6/c1-17-15-22(26)23(18-5-2-3-6-18)24-21(17)16-28-25(30-24)29-19-7-9-20(10-8-19)31-13-4-11-27-12-14-31/h7-10,15-16,18,27H,2-6,11-14,26H2,1H3,(H,28,29,30). The number of aryl methyl sites for hydroxylation is 1. The quantitative estimate of drug-likeness (QED) is 0.534. The van der Waals surface area contributed by atoms with Crippen LogP contribution >= 0.6 is 0 Å². The molecule has 2 heterocycles. The van der Waals surface area contributed by atoms with Gasteiger partial charge in [0.05, 0.1) is 5.52 Å². The molecule has 0 atom stereocenters. The van der Waals surface area contributed by atoms with Crippen molar-refractivity contribution in [2.75, 3.05) is 42.1 Å². The van der Waals surface area contributed by atoms with Gasteiger partial charge in [0, 0.05) is 53.8 Å². The fraction of sp³-hybridized carbons (Fsp3) is 0.440. The van der Waals surface area contributed by atoms with Gasteiger partial charge >= 0.3 is 0 Å². The number of nitrogen functional groups attached to an aromatic ring is 1. The molecule has 3 aromatic rings. The van der Waals surface area contributed by atoms with Crippen molar-refractivity contribution in [3.63, 3.8) is 0 Å².